The molecule has 0 spiro atoms. The van der Waals surface area contributed by atoms with Crippen LogP contribution in [0.2, 0.25) is 0 Å². The van der Waals surface area contributed by atoms with E-state index >= 15 is 0 Å². The molecule has 2 nitrogen and oxygen atoms in total. The standard InChI is InChI=1S/C31H20N2/c1-2-7-22-20-24(13-12-21(22)6-1)33(23-16-18-32-19-17-23)30-15-14-28-26-9-4-3-8-25(26)27-10-5-11-29(30)31(27)28/h1-20H. The van der Waals surface area contributed by atoms with E-state index in [-0.39, 0.29) is 0 Å². The van der Waals surface area contributed by atoms with Crippen molar-refractivity contribution in [3.05, 3.63) is 122 Å². The van der Waals surface area contributed by atoms with E-state index in [2.05, 4.69) is 119 Å². The van der Waals surface area contributed by atoms with Crippen molar-refractivity contribution in [3.63, 3.8) is 0 Å². The maximum absolute atomic E-state index is 4.27. The van der Waals surface area contributed by atoms with Crippen molar-refractivity contribution in [1.82, 2.24) is 4.98 Å². The first kappa shape index (κ1) is 18.2. The van der Waals surface area contributed by atoms with Gasteiger partial charge in [-0.3, -0.25) is 4.98 Å². The van der Waals surface area contributed by atoms with Crippen LogP contribution >= 0.6 is 0 Å². The summed E-state index contributed by atoms with van der Waals surface area (Å²) in [7, 11) is 0. The minimum absolute atomic E-state index is 1.09. The lowest BCUT2D eigenvalue weighted by molar-refractivity contribution is 1.25. The van der Waals surface area contributed by atoms with Crippen molar-refractivity contribution in [2.24, 2.45) is 0 Å². The number of aromatic nitrogens is 1. The number of hydrogen-bond donors (Lipinski definition) is 0. The highest BCUT2D eigenvalue weighted by Gasteiger charge is 2.24. The molecule has 0 unspecified atom stereocenters. The highest BCUT2D eigenvalue weighted by Crippen LogP contribution is 2.50. The van der Waals surface area contributed by atoms with Crippen LogP contribution in [0.15, 0.2) is 122 Å². The molecular weight excluding hydrogens is 400 g/mol. The highest BCUT2D eigenvalue weighted by atomic mass is 15.1. The quantitative estimate of drug-likeness (QED) is 0.285. The van der Waals surface area contributed by atoms with Crippen LogP contribution in [0.5, 0.6) is 0 Å². The largest absolute Gasteiger partial charge is 0.310 e. The molecule has 6 aromatic rings. The molecule has 1 heterocycles. The number of hydrogen-bond acceptors (Lipinski definition) is 2. The first-order valence-electron chi connectivity index (χ1n) is 11.2. The normalized spacial score (nSPS) is 11.6. The summed E-state index contributed by atoms with van der Waals surface area (Å²) >= 11 is 0. The Morgan fingerprint density at radius 3 is 2.00 bits per heavy atom. The Morgan fingerprint density at radius 1 is 0.485 bits per heavy atom. The lowest BCUT2D eigenvalue weighted by Crippen LogP contribution is -2.10. The number of fused-ring (bicyclic) bond motifs is 4. The molecule has 7 rings (SSSR count). The van der Waals surface area contributed by atoms with Gasteiger partial charge >= 0.3 is 0 Å². The second-order valence-corrected chi connectivity index (χ2v) is 8.48. The predicted octanol–water partition coefficient (Wildman–Crippen LogP) is 8.51. The van der Waals surface area contributed by atoms with Gasteiger partial charge in [-0.1, -0.05) is 78.9 Å². The van der Waals surface area contributed by atoms with Crippen LogP contribution in [0.25, 0.3) is 43.8 Å². The van der Waals surface area contributed by atoms with Gasteiger partial charge in [-0.2, -0.15) is 0 Å². The maximum atomic E-state index is 4.27. The lowest BCUT2D eigenvalue weighted by Gasteiger charge is -2.27. The van der Waals surface area contributed by atoms with Gasteiger partial charge in [0.05, 0.1) is 5.69 Å². The molecule has 33 heavy (non-hydrogen) atoms. The summed E-state index contributed by atoms with van der Waals surface area (Å²) in [6.45, 7) is 0. The molecule has 154 valence electrons. The topological polar surface area (TPSA) is 16.1 Å². The fourth-order valence-electron chi connectivity index (χ4n) is 5.22. The smallest absolute Gasteiger partial charge is 0.0540 e. The van der Waals surface area contributed by atoms with E-state index in [1.807, 2.05) is 12.4 Å². The minimum atomic E-state index is 1.09. The van der Waals surface area contributed by atoms with E-state index in [1.165, 1.54) is 49.5 Å². The molecule has 2 heteroatoms. The number of pyridine rings is 1. The molecule has 1 aromatic heterocycles. The van der Waals surface area contributed by atoms with Crippen LogP contribution in [0.1, 0.15) is 0 Å². The fraction of sp³-hybridized carbons (Fsp3) is 0. The second-order valence-electron chi connectivity index (χ2n) is 8.48. The van der Waals surface area contributed by atoms with Gasteiger partial charge in [0.2, 0.25) is 0 Å². The summed E-state index contributed by atoms with van der Waals surface area (Å²) in [5.41, 5.74) is 8.66. The summed E-state index contributed by atoms with van der Waals surface area (Å²) < 4.78 is 0. The summed E-state index contributed by atoms with van der Waals surface area (Å²) in [6, 6.07) is 39.3. The van der Waals surface area contributed by atoms with Gasteiger partial charge in [-0.25, -0.2) is 0 Å². The third kappa shape index (κ3) is 2.71. The highest BCUT2D eigenvalue weighted by molar-refractivity contribution is 6.19. The molecule has 0 saturated carbocycles. The van der Waals surface area contributed by atoms with Crippen LogP contribution in [0.3, 0.4) is 0 Å². The molecule has 0 bridgehead atoms. The van der Waals surface area contributed by atoms with Gasteiger partial charge in [0, 0.05) is 29.2 Å². The van der Waals surface area contributed by atoms with Gasteiger partial charge in [0.25, 0.3) is 0 Å². The Balaban J connectivity index is 1.52. The monoisotopic (exact) mass is 420 g/mol. The van der Waals surface area contributed by atoms with Crippen LogP contribution < -0.4 is 4.90 Å². The van der Waals surface area contributed by atoms with Gasteiger partial charge < -0.3 is 4.90 Å². The Hall–Kier alpha value is -4.43. The molecule has 0 amide bonds. The molecule has 0 atom stereocenters. The lowest BCUT2D eigenvalue weighted by atomic mass is 10.00. The van der Waals surface area contributed by atoms with Crippen LogP contribution in [-0.2, 0) is 0 Å². The van der Waals surface area contributed by atoms with Gasteiger partial charge in [0.1, 0.15) is 0 Å². The zero-order chi connectivity index (χ0) is 21.8. The van der Waals surface area contributed by atoms with Crippen molar-refractivity contribution in [2.75, 3.05) is 4.90 Å². The van der Waals surface area contributed by atoms with Crippen molar-refractivity contribution < 1.29 is 0 Å². The number of benzene rings is 5. The minimum Gasteiger partial charge on any atom is -0.310 e. The van der Waals surface area contributed by atoms with Crippen molar-refractivity contribution in [3.8, 4) is 22.3 Å². The molecule has 1 aliphatic carbocycles. The molecule has 0 saturated heterocycles. The average Bonchev–Trinajstić information content (AvgIpc) is 3.21. The summed E-state index contributed by atoms with van der Waals surface area (Å²) in [6.07, 6.45) is 3.72. The van der Waals surface area contributed by atoms with Crippen molar-refractivity contribution in [1.29, 1.82) is 0 Å². The first-order valence-corrected chi connectivity index (χ1v) is 11.2. The van der Waals surface area contributed by atoms with E-state index < -0.39 is 0 Å². The molecular formula is C31H20N2. The van der Waals surface area contributed by atoms with Gasteiger partial charge in [0.15, 0.2) is 0 Å². The molecule has 1 aliphatic rings. The third-order valence-corrected chi connectivity index (χ3v) is 6.68. The number of rotatable bonds is 3. The molecule has 0 N–H and O–H groups in total. The SMILES string of the molecule is c1ccc2c(c1)-c1cccc3c(N(c4ccncc4)c4ccc5ccccc5c4)ccc-2c13. The molecule has 0 radical (unpaired) electrons. The Bertz CT molecular complexity index is 1640. The average molecular weight is 421 g/mol. The fourth-order valence-corrected chi connectivity index (χ4v) is 5.22. The summed E-state index contributed by atoms with van der Waals surface area (Å²) in [5, 5.41) is 5.06. The molecule has 5 aromatic carbocycles. The van der Waals surface area contributed by atoms with Crippen LogP contribution in [0.4, 0.5) is 17.1 Å². The van der Waals surface area contributed by atoms with E-state index in [0.717, 1.165) is 11.4 Å². The maximum Gasteiger partial charge on any atom is 0.0540 e. The van der Waals surface area contributed by atoms with Crippen molar-refractivity contribution >= 4 is 38.6 Å². The predicted molar refractivity (Wildman–Crippen MR) is 138 cm³/mol. The molecule has 0 fully saturated rings. The zero-order valence-corrected chi connectivity index (χ0v) is 17.9. The molecule has 0 aliphatic heterocycles. The van der Waals surface area contributed by atoms with Crippen LogP contribution in [-0.4, -0.2) is 4.98 Å². The Labute approximate surface area is 192 Å². The Kier molecular flexibility index (Phi) is 3.88. The van der Waals surface area contributed by atoms with Gasteiger partial charge in [-0.05, 0) is 68.7 Å². The van der Waals surface area contributed by atoms with Crippen molar-refractivity contribution in [2.45, 2.75) is 0 Å². The summed E-state index contributed by atoms with van der Waals surface area (Å²) in [4.78, 5) is 6.61. The third-order valence-electron chi connectivity index (χ3n) is 6.68. The number of nitrogens with zero attached hydrogens (tertiary/aromatic N) is 2. The van der Waals surface area contributed by atoms with E-state index in [1.54, 1.807) is 0 Å². The van der Waals surface area contributed by atoms with E-state index in [4.69, 9.17) is 0 Å². The van der Waals surface area contributed by atoms with Gasteiger partial charge in [-0.15, -0.1) is 0 Å². The van der Waals surface area contributed by atoms with Crippen LogP contribution in [0, 0.1) is 0 Å². The number of anilines is 3. The Morgan fingerprint density at radius 2 is 1.18 bits per heavy atom. The van der Waals surface area contributed by atoms with E-state index in [9.17, 15) is 0 Å². The second kappa shape index (κ2) is 7.04. The first-order chi connectivity index (χ1) is 16.4. The summed E-state index contributed by atoms with van der Waals surface area (Å²) in [5.74, 6) is 0. The zero-order valence-electron chi connectivity index (χ0n) is 17.9. The van der Waals surface area contributed by atoms with E-state index in [0.29, 0.717) is 0 Å².